The van der Waals surface area contributed by atoms with Crippen LogP contribution >= 0.6 is 0 Å². The second-order valence-electron chi connectivity index (χ2n) is 11.5. The van der Waals surface area contributed by atoms with Crippen LogP contribution in [0, 0.1) is 5.41 Å². The minimum atomic E-state index is -2.28. The number of esters is 3. The van der Waals surface area contributed by atoms with Crippen molar-refractivity contribution in [1.29, 1.82) is 0 Å². The average molecular weight is 614 g/mol. The third-order valence-corrected chi connectivity index (χ3v) is 7.57. The molecule has 3 heterocycles. The van der Waals surface area contributed by atoms with E-state index in [-0.39, 0.29) is 50.1 Å². The van der Waals surface area contributed by atoms with E-state index >= 15 is 0 Å². The molecule has 0 spiro atoms. The molecule has 0 saturated carbocycles. The number of amides is 1. The van der Waals surface area contributed by atoms with Gasteiger partial charge in [0.2, 0.25) is 11.7 Å². The number of carbonyl (C=O) groups excluding carboxylic acids is 4. The fourth-order valence-corrected chi connectivity index (χ4v) is 5.21. The Bertz CT molecular complexity index is 1070. The third kappa shape index (κ3) is 9.55. The predicted octanol–water partition coefficient (Wildman–Crippen LogP) is 0.164. The van der Waals surface area contributed by atoms with E-state index in [2.05, 4.69) is 5.32 Å². The van der Waals surface area contributed by atoms with Gasteiger partial charge in [0.1, 0.15) is 6.10 Å². The van der Waals surface area contributed by atoms with Crippen LogP contribution in [0.15, 0.2) is 23.8 Å². The molecule has 3 aliphatic heterocycles. The predicted molar refractivity (Wildman–Crippen MR) is 147 cm³/mol. The summed E-state index contributed by atoms with van der Waals surface area (Å²) in [6.45, 7) is 4.22. The number of aliphatic hydroxyl groups excluding tert-OH is 2. The van der Waals surface area contributed by atoms with Gasteiger partial charge in [-0.2, -0.15) is 0 Å². The molecular weight excluding hydrogens is 570 g/mol. The molecule has 14 heteroatoms. The van der Waals surface area contributed by atoms with Crippen LogP contribution in [0.5, 0.6) is 0 Å². The van der Waals surface area contributed by atoms with Crippen LogP contribution in [0.4, 0.5) is 0 Å². The fraction of sp³-hybridized carbons (Fsp3) is 0.724. The Hall–Kier alpha value is -2.88. The molecule has 1 unspecified atom stereocenters. The maximum absolute atomic E-state index is 12.5. The van der Waals surface area contributed by atoms with Gasteiger partial charge in [0, 0.05) is 31.4 Å². The minimum Gasteiger partial charge on any atom is -0.466 e. The number of cyclic esters (lactones) is 1. The van der Waals surface area contributed by atoms with E-state index < -0.39 is 72.5 Å². The van der Waals surface area contributed by atoms with Gasteiger partial charge >= 0.3 is 17.9 Å². The first kappa shape index (κ1) is 34.6. The summed E-state index contributed by atoms with van der Waals surface area (Å²) >= 11 is 0. The van der Waals surface area contributed by atoms with Gasteiger partial charge in [0.05, 0.1) is 51.5 Å². The van der Waals surface area contributed by atoms with Crippen LogP contribution in [0.25, 0.3) is 0 Å². The van der Waals surface area contributed by atoms with Crippen LogP contribution in [0.1, 0.15) is 59.3 Å². The van der Waals surface area contributed by atoms with Gasteiger partial charge in [-0.25, -0.2) is 4.79 Å². The van der Waals surface area contributed by atoms with Crippen molar-refractivity contribution in [2.24, 2.45) is 5.41 Å². The molecule has 3 rings (SSSR count). The quantitative estimate of drug-likeness (QED) is 0.146. The maximum Gasteiger partial charge on any atom is 0.330 e. The Morgan fingerprint density at radius 2 is 1.91 bits per heavy atom. The molecule has 0 radical (unpaired) electrons. The highest BCUT2D eigenvalue weighted by atomic mass is 16.7. The van der Waals surface area contributed by atoms with E-state index in [9.17, 15) is 34.5 Å². The van der Waals surface area contributed by atoms with Gasteiger partial charge in [-0.1, -0.05) is 19.9 Å². The van der Waals surface area contributed by atoms with Crippen molar-refractivity contribution in [3.8, 4) is 0 Å². The zero-order valence-corrected chi connectivity index (χ0v) is 25.0. The zero-order chi connectivity index (χ0) is 31.8. The van der Waals surface area contributed by atoms with Gasteiger partial charge < -0.3 is 49.1 Å². The smallest absolute Gasteiger partial charge is 0.330 e. The Labute approximate surface area is 250 Å². The summed E-state index contributed by atoms with van der Waals surface area (Å²) in [5.74, 6) is -4.88. The van der Waals surface area contributed by atoms with E-state index in [1.807, 2.05) is 0 Å². The van der Waals surface area contributed by atoms with Crippen molar-refractivity contribution < 1.29 is 62.9 Å². The lowest BCUT2D eigenvalue weighted by Gasteiger charge is -2.50. The molecule has 0 aliphatic carbocycles. The summed E-state index contributed by atoms with van der Waals surface area (Å²) in [5.41, 5.74) is -1.16. The van der Waals surface area contributed by atoms with Crippen molar-refractivity contribution in [2.75, 3.05) is 26.9 Å². The number of aliphatic hydroxyl groups is 3. The number of rotatable bonds is 3. The van der Waals surface area contributed by atoms with Crippen LogP contribution in [-0.4, -0.2) is 109 Å². The normalized spacial score (nSPS) is 36.0. The van der Waals surface area contributed by atoms with Crippen LogP contribution < -0.4 is 5.32 Å². The molecule has 0 aromatic carbocycles. The first-order chi connectivity index (χ1) is 20.3. The van der Waals surface area contributed by atoms with Crippen molar-refractivity contribution in [2.45, 2.75) is 102 Å². The maximum atomic E-state index is 12.5. The Kier molecular flexibility index (Phi) is 12.2. The number of carbonyl (C=O) groups is 4. The fourth-order valence-electron chi connectivity index (χ4n) is 5.21. The van der Waals surface area contributed by atoms with E-state index in [0.29, 0.717) is 13.0 Å². The average Bonchev–Trinajstić information content (AvgIpc) is 2.92. The lowest BCUT2D eigenvalue weighted by Crippen LogP contribution is -2.62. The molecule has 2 fully saturated rings. The molecule has 242 valence electrons. The number of fused-ring (bicyclic) bond motifs is 4. The van der Waals surface area contributed by atoms with E-state index in [4.69, 9.17) is 28.4 Å². The lowest BCUT2D eigenvalue weighted by atomic mass is 9.74. The van der Waals surface area contributed by atoms with Gasteiger partial charge in [-0.15, -0.1) is 0 Å². The molecule has 1 amide bonds. The largest absolute Gasteiger partial charge is 0.466 e. The molecule has 2 saturated heterocycles. The van der Waals surface area contributed by atoms with Gasteiger partial charge in [0.15, 0.2) is 12.4 Å². The standard InChI is InChI=1S/C29H43NO13/c1-17(32)40-27-18(12-24(35)38-4)11-21-14-22(16-31)41-25(36)13-19(33)6-9-30-23(34)15-20-7-10-39-26(42-20)5-8-28(2,3)29(27,37)43-21/h5,8,12,19-22,26-27,31,33,37H,6-7,9-11,13-16H2,1-4H3,(H,30,34)/b8-5+,18-12?/t19-,20+,21?,22-,26+,27+,29-/m1/s1. The van der Waals surface area contributed by atoms with Crippen LogP contribution in [0.3, 0.4) is 0 Å². The van der Waals surface area contributed by atoms with E-state index in [1.54, 1.807) is 26.0 Å². The van der Waals surface area contributed by atoms with Gasteiger partial charge in [-0.3, -0.25) is 14.4 Å². The summed E-state index contributed by atoms with van der Waals surface area (Å²) < 4.78 is 33.5. The molecule has 3 aliphatic rings. The van der Waals surface area contributed by atoms with Gasteiger partial charge in [-0.05, 0) is 30.9 Å². The topological polar surface area (TPSA) is 196 Å². The summed E-state index contributed by atoms with van der Waals surface area (Å²) in [6, 6.07) is 0. The highest BCUT2D eigenvalue weighted by molar-refractivity contribution is 5.83. The first-order valence-electron chi connectivity index (χ1n) is 14.3. The molecule has 43 heavy (non-hydrogen) atoms. The highest BCUT2D eigenvalue weighted by Crippen LogP contribution is 2.46. The number of ether oxygens (including phenoxy) is 6. The Morgan fingerprint density at radius 1 is 1.16 bits per heavy atom. The monoisotopic (exact) mass is 613 g/mol. The second kappa shape index (κ2) is 15.2. The van der Waals surface area contributed by atoms with Gasteiger partial charge in [0.25, 0.3) is 0 Å². The van der Waals surface area contributed by atoms with Crippen LogP contribution in [-0.2, 0) is 47.6 Å². The Morgan fingerprint density at radius 3 is 2.58 bits per heavy atom. The van der Waals surface area contributed by atoms with E-state index in [0.717, 1.165) is 13.0 Å². The summed E-state index contributed by atoms with van der Waals surface area (Å²) in [4.78, 5) is 49.5. The van der Waals surface area contributed by atoms with Crippen molar-refractivity contribution in [3.63, 3.8) is 0 Å². The molecule has 14 nitrogen and oxygen atoms in total. The number of methoxy groups -OCH3 is 1. The summed E-state index contributed by atoms with van der Waals surface area (Å²) in [6.07, 6.45) is -1.62. The van der Waals surface area contributed by atoms with Crippen molar-refractivity contribution >= 4 is 23.8 Å². The van der Waals surface area contributed by atoms with Crippen molar-refractivity contribution in [3.05, 3.63) is 23.8 Å². The molecule has 4 N–H and O–H groups in total. The molecule has 0 aromatic rings. The third-order valence-electron chi connectivity index (χ3n) is 7.57. The molecule has 4 bridgehead atoms. The SMILES string of the molecule is COC(=O)C=C1CC2C[C@H](CO)OC(=O)C[C@H](O)CCNC(=O)C[C@@H]3CCO[C@H](/C=C/C(C)(C)[C@](O)(O2)[C@H]1OC(C)=O)O3. The first-order valence-corrected chi connectivity index (χ1v) is 14.3. The summed E-state index contributed by atoms with van der Waals surface area (Å²) in [5, 5.41) is 35.2. The number of hydrogen-bond donors (Lipinski definition) is 4. The minimum absolute atomic E-state index is 0.0396. The second-order valence-corrected chi connectivity index (χ2v) is 11.5. The van der Waals surface area contributed by atoms with E-state index in [1.165, 1.54) is 7.11 Å². The Balaban J connectivity index is 2.03. The number of hydrogen-bond acceptors (Lipinski definition) is 13. The molecule has 0 aromatic heterocycles. The van der Waals surface area contributed by atoms with Crippen LogP contribution in [0.2, 0.25) is 0 Å². The van der Waals surface area contributed by atoms with Crippen molar-refractivity contribution in [1.82, 2.24) is 5.32 Å². The summed E-state index contributed by atoms with van der Waals surface area (Å²) in [7, 11) is 1.17. The number of nitrogens with one attached hydrogen (secondary N) is 1. The molecule has 7 atom stereocenters. The zero-order valence-electron chi connectivity index (χ0n) is 25.0. The highest BCUT2D eigenvalue weighted by Gasteiger charge is 2.57. The molecular formula is C29H43NO13. The lowest BCUT2D eigenvalue weighted by molar-refractivity contribution is -0.327.